The largest absolute Gasteiger partial charge is 0.347 e. The zero-order valence-electron chi connectivity index (χ0n) is 13.3. The second-order valence-corrected chi connectivity index (χ2v) is 6.81. The summed E-state index contributed by atoms with van der Waals surface area (Å²) >= 11 is 6.13. The van der Waals surface area contributed by atoms with Gasteiger partial charge in [0.05, 0.1) is 16.1 Å². The van der Waals surface area contributed by atoms with Crippen molar-refractivity contribution in [2.24, 2.45) is 0 Å². The SMILES string of the molecule is CN(C)C(=O)C1(N2C(=O)c3cccc(Cl)c3C2=O)CCCCC1. The van der Waals surface area contributed by atoms with Crippen LogP contribution in [0.15, 0.2) is 18.2 Å². The van der Waals surface area contributed by atoms with Gasteiger partial charge in [0.15, 0.2) is 0 Å². The van der Waals surface area contributed by atoms with Gasteiger partial charge in [0.1, 0.15) is 5.54 Å². The highest BCUT2D eigenvalue weighted by molar-refractivity contribution is 6.37. The molecule has 3 amide bonds. The number of carbonyl (C=O) groups excluding carboxylic acids is 3. The second-order valence-electron chi connectivity index (χ2n) is 6.40. The standard InChI is InChI=1S/C17H19ClN2O3/c1-19(2)16(23)17(9-4-3-5-10-17)20-14(21)11-7-6-8-12(18)13(11)15(20)22/h6-8H,3-5,9-10H2,1-2H3. The summed E-state index contributed by atoms with van der Waals surface area (Å²) < 4.78 is 0. The molecule has 0 N–H and O–H groups in total. The summed E-state index contributed by atoms with van der Waals surface area (Å²) in [6, 6.07) is 4.84. The molecule has 5 nitrogen and oxygen atoms in total. The van der Waals surface area contributed by atoms with Crippen LogP contribution in [-0.2, 0) is 4.79 Å². The minimum atomic E-state index is -1.09. The van der Waals surface area contributed by atoms with Crippen LogP contribution in [0, 0.1) is 0 Å². The number of halogens is 1. The van der Waals surface area contributed by atoms with Gasteiger partial charge in [-0.3, -0.25) is 19.3 Å². The van der Waals surface area contributed by atoms with Crippen LogP contribution in [0.5, 0.6) is 0 Å². The number of rotatable bonds is 2. The van der Waals surface area contributed by atoms with Crippen molar-refractivity contribution >= 4 is 29.3 Å². The van der Waals surface area contributed by atoms with Crippen LogP contribution in [0.3, 0.4) is 0 Å². The molecule has 1 aromatic rings. The average molecular weight is 335 g/mol. The molecule has 0 bridgehead atoms. The van der Waals surface area contributed by atoms with Crippen molar-refractivity contribution in [1.82, 2.24) is 9.80 Å². The quantitative estimate of drug-likeness (QED) is 0.781. The number of fused-ring (bicyclic) bond motifs is 1. The first-order valence-electron chi connectivity index (χ1n) is 7.79. The second kappa shape index (κ2) is 5.64. The van der Waals surface area contributed by atoms with E-state index in [9.17, 15) is 14.4 Å². The third-order valence-corrected chi connectivity index (χ3v) is 5.09. The van der Waals surface area contributed by atoms with Gasteiger partial charge in [0.25, 0.3) is 11.8 Å². The van der Waals surface area contributed by atoms with Crippen molar-refractivity contribution in [2.75, 3.05) is 14.1 Å². The smallest absolute Gasteiger partial charge is 0.264 e. The summed E-state index contributed by atoms with van der Waals surface area (Å²) in [5.41, 5.74) is -0.576. The number of likely N-dealkylation sites (N-methyl/N-ethyl adjacent to an activating group) is 1. The summed E-state index contributed by atoms with van der Waals surface area (Å²) in [5, 5.41) is 0.256. The molecule has 23 heavy (non-hydrogen) atoms. The first-order valence-corrected chi connectivity index (χ1v) is 8.17. The summed E-state index contributed by atoms with van der Waals surface area (Å²) in [6.07, 6.45) is 3.66. The Labute approximate surface area is 140 Å². The van der Waals surface area contributed by atoms with Crippen molar-refractivity contribution < 1.29 is 14.4 Å². The van der Waals surface area contributed by atoms with Crippen LogP contribution in [0.2, 0.25) is 5.02 Å². The monoisotopic (exact) mass is 334 g/mol. The zero-order valence-corrected chi connectivity index (χ0v) is 14.0. The van der Waals surface area contributed by atoms with Crippen molar-refractivity contribution in [1.29, 1.82) is 0 Å². The van der Waals surface area contributed by atoms with Crippen molar-refractivity contribution in [3.63, 3.8) is 0 Å². The van der Waals surface area contributed by atoms with Gasteiger partial charge in [-0.25, -0.2) is 0 Å². The number of nitrogens with zero attached hydrogens (tertiary/aromatic N) is 2. The number of imide groups is 1. The Morgan fingerprint density at radius 3 is 2.35 bits per heavy atom. The third kappa shape index (κ3) is 2.26. The normalized spacial score (nSPS) is 19.7. The molecule has 6 heteroatoms. The van der Waals surface area contributed by atoms with Gasteiger partial charge in [-0.05, 0) is 25.0 Å². The van der Waals surface area contributed by atoms with Crippen LogP contribution in [0.25, 0.3) is 0 Å². The molecule has 1 aliphatic heterocycles. The van der Waals surface area contributed by atoms with E-state index in [2.05, 4.69) is 0 Å². The van der Waals surface area contributed by atoms with Crippen LogP contribution < -0.4 is 0 Å². The third-order valence-electron chi connectivity index (χ3n) is 4.78. The molecule has 1 heterocycles. The van der Waals surface area contributed by atoms with Gasteiger partial charge in [-0.1, -0.05) is 36.9 Å². The maximum Gasteiger partial charge on any atom is 0.264 e. The Bertz CT molecular complexity index is 693. The Morgan fingerprint density at radius 1 is 1.13 bits per heavy atom. The number of amides is 3. The molecule has 1 fully saturated rings. The lowest BCUT2D eigenvalue weighted by molar-refractivity contribution is -0.141. The lowest BCUT2D eigenvalue weighted by Gasteiger charge is -2.43. The van der Waals surface area contributed by atoms with Gasteiger partial charge < -0.3 is 4.90 Å². The van der Waals surface area contributed by atoms with E-state index in [1.54, 1.807) is 32.3 Å². The maximum absolute atomic E-state index is 12.9. The van der Waals surface area contributed by atoms with E-state index in [0.717, 1.165) is 19.3 Å². The number of carbonyl (C=O) groups is 3. The molecule has 3 rings (SSSR count). The highest BCUT2D eigenvalue weighted by atomic mass is 35.5. The van der Waals surface area contributed by atoms with E-state index in [4.69, 9.17) is 11.6 Å². The van der Waals surface area contributed by atoms with Crippen molar-refractivity contribution in [3.05, 3.63) is 34.3 Å². The number of hydrogen-bond donors (Lipinski definition) is 0. The summed E-state index contributed by atoms with van der Waals surface area (Å²) in [7, 11) is 3.31. The predicted molar refractivity (Wildman–Crippen MR) is 86.5 cm³/mol. The predicted octanol–water partition coefficient (Wildman–Crippen LogP) is 2.73. The van der Waals surface area contributed by atoms with Crippen LogP contribution in [0.1, 0.15) is 52.8 Å². The van der Waals surface area contributed by atoms with Gasteiger partial charge in [0, 0.05) is 14.1 Å². The fourth-order valence-corrected chi connectivity index (χ4v) is 3.97. The molecule has 0 unspecified atom stereocenters. The Balaban J connectivity index is 2.12. The molecule has 1 saturated carbocycles. The first kappa shape index (κ1) is 16.0. The highest BCUT2D eigenvalue weighted by Crippen LogP contribution is 2.41. The molecule has 1 aliphatic carbocycles. The van der Waals surface area contributed by atoms with Gasteiger partial charge >= 0.3 is 0 Å². The molecule has 1 aromatic carbocycles. The highest BCUT2D eigenvalue weighted by Gasteiger charge is 2.54. The van der Waals surface area contributed by atoms with Crippen LogP contribution in [-0.4, -0.2) is 47.2 Å². The van der Waals surface area contributed by atoms with E-state index >= 15 is 0 Å². The van der Waals surface area contributed by atoms with Crippen LogP contribution >= 0.6 is 11.6 Å². The minimum absolute atomic E-state index is 0.192. The summed E-state index contributed by atoms with van der Waals surface area (Å²) in [4.78, 5) is 41.3. The Kier molecular flexibility index (Phi) is 3.92. The van der Waals surface area contributed by atoms with Gasteiger partial charge in [0.2, 0.25) is 5.91 Å². The fraction of sp³-hybridized carbons (Fsp3) is 0.471. The molecular formula is C17H19ClN2O3. The van der Waals surface area contributed by atoms with Crippen molar-refractivity contribution in [2.45, 2.75) is 37.6 Å². The van der Waals surface area contributed by atoms with Crippen molar-refractivity contribution in [3.8, 4) is 0 Å². The maximum atomic E-state index is 12.9. The lowest BCUT2D eigenvalue weighted by Crippen LogP contribution is -2.61. The van der Waals surface area contributed by atoms with E-state index in [1.807, 2.05) is 0 Å². The molecule has 0 aromatic heterocycles. The van der Waals surface area contributed by atoms with E-state index in [0.29, 0.717) is 18.4 Å². The van der Waals surface area contributed by atoms with Gasteiger partial charge in [-0.2, -0.15) is 0 Å². The fourth-order valence-electron chi connectivity index (χ4n) is 3.72. The zero-order chi connectivity index (χ0) is 16.8. The molecule has 0 atom stereocenters. The summed E-state index contributed by atoms with van der Waals surface area (Å²) in [5.74, 6) is -1.06. The van der Waals surface area contributed by atoms with E-state index < -0.39 is 17.4 Å². The topological polar surface area (TPSA) is 57.7 Å². The van der Waals surface area contributed by atoms with E-state index in [1.165, 1.54) is 9.80 Å². The molecule has 0 radical (unpaired) electrons. The molecular weight excluding hydrogens is 316 g/mol. The summed E-state index contributed by atoms with van der Waals surface area (Å²) in [6.45, 7) is 0. The molecule has 0 spiro atoms. The molecule has 0 saturated heterocycles. The number of hydrogen-bond acceptors (Lipinski definition) is 3. The minimum Gasteiger partial charge on any atom is -0.347 e. The Morgan fingerprint density at radius 2 is 1.78 bits per heavy atom. The molecule has 122 valence electrons. The Hall–Kier alpha value is -1.88. The molecule has 2 aliphatic rings. The van der Waals surface area contributed by atoms with Crippen LogP contribution in [0.4, 0.5) is 0 Å². The average Bonchev–Trinajstić information content (AvgIpc) is 2.80. The first-order chi connectivity index (χ1) is 10.9. The van der Waals surface area contributed by atoms with Gasteiger partial charge in [-0.15, -0.1) is 0 Å². The van der Waals surface area contributed by atoms with E-state index in [-0.39, 0.29) is 16.5 Å². The lowest BCUT2D eigenvalue weighted by atomic mass is 9.79. The number of benzene rings is 1.